The fraction of sp³-hybridized carbons (Fsp3) is 0.652. The molecule has 1 aromatic rings. The third-order valence-corrected chi connectivity index (χ3v) is 6.44. The molecule has 0 aromatic heterocycles. The maximum atomic E-state index is 13.6. The van der Waals surface area contributed by atoms with E-state index in [0.717, 1.165) is 37.1 Å². The summed E-state index contributed by atoms with van der Waals surface area (Å²) in [5.74, 6) is -1.14. The highest BCUT2D eigenvalue weighted by atomic mass is 35.5. The van der Waals surface area contributed by atoms with Gasteiger partial charge in [0.2, 0.25) is 5.60 Å². The van der Waals surface area contributed by atoms with Crippen LogP contribution in [-0.4, -0.2) is 59.4 Å². The molecule has 1 fully saturated rings. The van der Waals surface area contributed by atoms with Crippen LogP contribution in [0, 0.1) is 0 Å². The molecule has 2 amide bonds. The van der Waals surface area contributed by atoms with Crippen LogP contribution in [-0.2, 0) is 27.2 Å². The normalized spacial score (nSPS) is 20.9. The van der Waals surface area contributed by atoms with Crippen molar-refractivity contribution in [2.75, 3.05) is 20.2 Å². The average Bonchev–Trinajstić information content (AvgIpc) is 3.19. The fourth-order valence-electron chi connectivity index (χ4n) is 4.38. The van der Waals surface area contributed by atoms with Crippen molar-refractivity contribution in [1.29, 1.82) is 0 Å². The van der Waals surface area contributed by atoms with E-state index in [1.54, 1.807) is 37.8 Å². The molecule has 0 aliphatic carbocycles. The standard InChI is InChI=1S/C23H30ClF3N2O4/c1-21(2,3)33-20(31)29-9-6-7-18(29)16-12-15(24)11-14-8-10-28(13-17(14)16)19(30)22(4,32-5)23(25,26)27/h11-12,18H,6-10,13H2,1-5H3/t18-,22+/m0/s1. The molecular weight excluding hydrogens is 461 g/mol. The first-order valence-corrected chi connectivity index (χ1v) is 11.3. The Balaban J connectivity index is 1.95. The van der Waals surface area contributed by atoms with E-state index < -0.39 is 29.4 Å². The molecule has 0 bridgehead atoms. The van der Waals surface area contributed by atoms with E-state index in [4.69, 9.17) is 16.3 Å². The molecule has 0 unspecified atom stereocenters. The van der Waals surface area contributed by atoms with E-state index in [2.05, 4.69) is 4.74 Å². The Morgan fingerprint density at radius 1 is 1.12 bits per heavy atom. The minimum atomic E-state index is -4.86. The molecule has 0 spiro atoms. The summed E-state index contributed by atoms with van der Waals surface area (Å²) < 4.78 is 51.0. The molecular formula is C23H30ClF3N2O4. The number of hydrogen-bond acceptors (Lipinski definition) is 4. The lowest BCUT2D eigenvalue weighted by Gasteiger charge is -2.38. The van der Waals surface area contributed by atoms with Crippen LogP contribution < -0.4 is 0 Å². The summed E-state index contributed by atoms with van der Waals surface area (Å²) in [6, 6.07) is 3.17. The Labute approximate surface area is 196 Å². The lowest BCUT2D eigenvalue weighted by Crippen LogP contribution is -2.58. The van der Waals surface area contributed by atoms with E-state index >= 15 is 0 Å². The number of benzene rings is 1. The summed E-state index contributed by atoms with van der Waals surface area (Å²) in [5, 5.41) is 0.483. The SMILES string of the molecule is CO[C@](C)(C(=O)N1CCc2cc(Cl)cc([C@@H]3CCCN3C(=O)OC(C)(C)C)c2C1)C(F)(F)F. The van der Waals surface area contributed by atoms with Gasteiger partial charge < -0.3 is 19.3 Å². The Kier molecular flexibility index (Phi) is 6.97. The lowest BCUT2D eigenvalue weighted by molar-refractivity contribution is -0.258. The predicted octanol–water partition coefficient (Wildman–Crippen LogP) is 5.26. The second-order valence-electron chi connectivity index (χ2n) is 9.68. The van der Waals surface area contributed by atoms with Crippen LogP contribution in [0.1, 0.15) is 63.3 Å². The van der Waals surface area contributed by atoms with Gasteiger partial charge in [-0.2, -0.15) is 13.2 Å². The molecule has 2 atom stereocenters. The third-order valence-electron chi connectivity index (χ3n) is 6.23. The van der Waals surface area contributed by atoms with Crippen molar-refractivity contribution < 1.29 is 32.2 Å². The third kappa shape index (κ3) is 5.09. The highest BCUT2D eigenvalue weighted by Crippen LogP contribution is 2.41. The van der Waals surface area contributed by atoms with Crippen LogP contribution in [0.2, 0.25) is 5.02 Å². The van der Waals surface area contributed by atoms with Gasteiger partial charge in [0.25, 0.3) is 5.91 Å². The van der Waals surface area contributed by atoms with Crippen LogP contribution in [0.5, 0.6) is 0 Å². The molecule has 184 valence electrons. The smallest absolute Gasteiger partial charge is 0.426 e. The van der Waals surface area contributed by atoms with E-state index in [0.29, 0.717) is 24.4 Å². The fourth-order valence-corrected chi connectivity index (χ4v) is 4.63. The van der Waals surface area contributed by atoms with Crippen LogP contribution in [0.15, 0.2) is 12.1 Å². The van der Waals surface area contributed by atoms with E-state index in [1.807, 2.05) is 0 Å². The van der Waals surface area contributed by atoms with E-state index in [9.17, 15) is 22.8 Å². The summed E-state index contributed by atoms with van der Waals surface area (Å²) in [6.07, 6.45) is -3.54. The molecule has 3 rings (SSSR count). The molecule has 0 radical (unpaired) electrons. The molecule has 0 N–H and O–H groups in total. The lowest BCUT2D eigenvalue weighted by atomic mass is 9.89. The van der Waals surface area contributed by atoms with Gasteiger partial charge in [-0.15, -0.1) is 0 Å². The largest absolute Gasteiger partial charge is 0.444 e. The topological polar surface area (TPSA) is 59.1 Å². The number of rotatable bonds is 3. The van der Waals surface area contributed by atoms with Crippen LogP contribution in [0.3, 0.4) is 0 Å². The van der Waals surface area contributed by atoms with Gasteiger partial charge in [0.05, 0.1) is 6.04 Å². The van der Waals surface area contributed by atoms with Gasteiger partial charge in [-0.1, -0.05) is 11.6 Å². The van der Waals surface area contributed by atoms with Gasteiger partial charge in [0.1, 0.15) is 5.60 Å². The van der Waals surface area contributed by atoms with E-state index in [-0.39, 0.29) is 19.1 Å². The summed E-state index contributed by atoms with van der Waals surface area (Å²) in [4.78, 5) is 28.5. The minimum Gasteiger partial charge on any atom is -0.444 e. The second-order valence-corrected chi connectivity index (χ2v) is 10.1. The first kappa shape index (κ1) is 25.6. The number of amides is 2. The number of hydrogen-bond donors (Lipinski definition) is 0. The minimum absolute atomic E-state index is 0.0195. The van der Waals surface area contributed by atoms with Crippen molar-refractivity contribution in [2.24, 2.45) is 0 Å². The predicted molar refractivity (Wildman–Crippen MR) is 117 cm³/mol. The number of ether oxygens (including phenoxy) is 2. The maximum Gasteiger partial charge on any atom is 0.426 e. The van der Waals surface area contributed by atoms with Crippen molar-refractivity contribution in [3.8, 4) is 0 Å². The van der Waals surface area contributed by atoms with Gasteiger partial charge in [0.15, 0.2) is 0 Å². The maximum absolute atomic E-state index is 13.6. The van der Waals surface area contributed by atoms with Gasteiger partial charge in [0, 0.05) is 31.8 Å². The number of carbonyl (C=O) groups excluding carboxylic acids is 2. The Morgan fingerprint density at radius 2 is 1.79 bits per heavy atom. The zero-order valence-corrected chi connectivity index (χ0v) is 20.3. The highest BCUT2D eigenvalue weighted by molar-refractivity contribution is 6.30. The molecule has 10 heteroatoms. The quantitative estimate of drug-likeness (QED) is 0.579. The molecule has 2 aliphatic rings. The summed E-state index contributed by atoms with van der Waals surface area (Å²) in [5.41, 5.74) is -1.27. The average molecular weight is 491 g/mol. The first-order valence-electron chi connectivity index (χ1n) is 10.9. The molecule has 1 saturated heterocycles. The summed E-state index contributed by atoms with van der Waals surface area (Å²) >= 11 is 6.36. The van der Waals surface area contributed by atoms with Crippen molar-refractivity contribution in [3.05, 3.63) is 33.8 Å². The number of fused-ring (bicyclic) bond motifs is 1. The zero-order chi connectivity index (χ0) is 24.8. The molecule has 33 heavy (non-hydrogen) atoms. The van der Waals surface area contributed by atoms with Gasteiger partial charge in [-0.25, -0.2) is 4.79 Å². The number of carbonyl (C=O) groups is 2. The Morgan fingerprint density at radius 3 is 2.36 bits per heavy atom. The number of alkyl halides is 3. The van der Waals surface area contributed by atoms with Gasteiger partial charge in [-0.3, -0.25) is 4.79 Å². The molecule has 0 saturated carbocycles. The molecule has 2 aliphatic heterocycles. The van der Waals surface area contributed by atoms with Gasteiger partial charge in [-0.05, 0) is 75.8 Å². The van der Waals surface area contributed by atoms with Crippen molar-refractivity contribution in [1.82, 2.24) is 9.80 Å². The monoisotopic (exact) mass is 490 g/mol. The van der Waals surface area contributed by atoms with Crippen molar-refractivity contribution in [2.45, 2.75) is 76.9 Å². The van der Waals surface area contributed by atoms with Crippen LogP contribution in [0.25, 0.3) is 0 Å². The Hall–Kier alpha value is -2.00. The van der Waals surface area contributed by atoms with Crippen molar-refractivity contribution >= 4 is 23.6 Å². The number of nitrogens with zero attached hydrogens (tertiary/aromatic N) is 2. The van der Waals surface area contributed by atoms with Gasteiger partial charge >= 0.3 is 12.3 Å². The number of halogens is 4. The molecule has 2 heterocycles. The summed E-state index contributed by atoms with van der Waals surface area (Å²) in [6.45, 7) is 6.69. The zero-order valence-electron chi connectivity index (χ0n) is 19.5. The molecule has 1 aromatic carbocycles. The number of methoxy groups -OCH3 is 1. The van der Waals surface area contributed by atoms with Crippen molar-refractivity contribution in [3.63, 3.8) is 0 Å². The summed E-state index contributed by atoms with van der Waals surface area (Å²) in [7, 11) is 0.881. The Bertz CT molecular complexity index is 932. The number of likely N-dealkylation sites (tertiary alicyclic amines) is 1. The van der Waals surface area contributed by atoms with E-state index in [1.165, 1.54) is 4.90 Å². The van der Waals surface area contributed by atoms with Crippen LogP contribution in [0.4, 0.5) is 18.0 Å². The van der Waals surface area contributed by atoms with Crippen LogP contribution >= 0.6 is 11.6 Å². The second kappa shape index (κ2) is 8.98. The first-order chi connectivity index (χ1) is 15.2. The highest BCUT2D eigenvalue weighted by Gasteiger charge is 2.59. The molecule has 6 nitrogen and oxygen atoms in total.